The first-order valence-corrected chi connectivity index (χ1v) is 4.44. The number of hydrogen-bond donors (Lipinski definition) is 0. The van der Waals surface area contributed by atoms with Gasteiger partial charge in [0.25, 0.3) is 0 Å². The maximum atomic E-state index is 8.56. The standard InChI is InChI=1S/C9H13N3O/c10-3-5-12(6-4-11)9-1-7-13-8-2-9/h9H,1-2,5-8H2. The largest absolute Gasteiger partial charge is 0.381 e. The van der Waals surface area contributed by atoms with Crippen molar-refractivity contribution in [2.45, 2.75) is 18.9 Å². The molecule has 1 saturated heterocycles. The van der Waals surface area contributed by atoms with E-state index >= 15 is 0 Å². The van der Waals surface area contributed by atoms with E-state index in [1.54, 1.807) is 0 Å². The van der Waals surface area contributed by atoms with Crippen LogP contribution in [0.3, 0.4) is 0 Å². The summed E-state index contributed by atoms with van der Waals surface area (Å²) in [4.78, 5) is 1.92. The van der Waals surface area contributed by atoms with E-state index in [0.717, 1.165) is 26.1 Å². The van der Waals surface area contributed by atoms with Gasteiger partial charge in [-0.1, -0.05) is 0 Å². The maximum Gasteiger partial charge on any atom is 0.0876 e. The number of hydrogen-bond acceptors (Lipinski definition) is 4. The first kappa shape index (κ1) is 9.98. The molecule has 4 nitrogen and oxygen atoms in total. The molecule has 1 aliphatic heterocycles. The van der Waals surface area contributed by atoms with Crippen LogP contribution in [0.25, 0.3) is 0 Å². The van der Waals surface area contributed by atoms with Gasteiger partial charge in [0.05, 0.1) is 25.2 Å². The first-order chi connectivity index (χ1) is 6.38. The van der Waals surface area contributed by atoms with Crippen LogP contribution >= 0.6 is 0 Å². The Morgan fingerprint density at radius 3 is 2.15 bits per heavy atom. The SMILES string of the molecule is N#CCN(CC#N)C1CCOCC1. The third-order valence-electron chi connectivity index (χ3n) is 2.25. The molecule has 1 heterocycles. The molecule has 0 amide bonds. The molecule has 13 heavy (non-hydrogen) atoms. The minimum Gasteiger partial charge on any atom is -0.381 e. The maximum absolute atomic E-state index is 8.56. The van der Waals surface area contributed by atoms with Crippen LogP contribution in [0, 0.1) is 22.7 Å². The van der Waals surface area contributed by atoms with Gasteiger partial charge < -0.3 is 4.74 Å². The summed E-state index contributed by atoms with van der Waals surface area (Å²) in [6.45, 7) is 2.19. The van der Waals surface area contributed by atoms with Crippen LogP contribution < -0.4 is 0 Å². The fourth-order valence-corrected chi connectivity index (χ4v) is 1.55. The van der Waals surface area contributed by atoms with Crippen LogP contribution in [0.5, 0.6) is 0 Å². The molecular formula is C9H13N3O. The van der Waals surface area contributed by atoms with Gasteiger partial charge in [-0.05, 0) is 12.8 Å². The monoisotopic (exact) mass is 179 g/mol. The highest BCUT2D eigenvalue weighted by Crippen LogP contribution is 2.13. The highest BCUT2D eigenvalue weighted by Gasteiger charge is 2.20. The summed E-state index contributed by atoms with van der Waals surface area (Å²) in [7, 11) is 0. The summed E-state index contributed by atoms with van der Waals surface area (Å²) >= 11 is 0. The van der Waals surface area contributed by atoms with Crippen LogP contribution in [-0.2, 0) is 4.74 Å². The molecule has 1 rings (SSSR count). The van der Waals surface area contributed by atoms with Crippen molar-refractivity contribution in [3.05, 3.63) is 0 Å². The molecule has 0 unspecified atom stereocenters. The summed E-state index contributed by atoms with van der Waals surface area (Å²) in [5.41, 5.74) is 0. The number of rotatable bonds is 3. The zero-order valence-corrected chi connectivity index (χ0v) is 7.57. The second kappa shape index (κ2) is 5.53. The molecule has 0 saturated carbocycles. The summed E-state index contributed by atoms with van der Waals surface area (Å²) in [6.07, 6.45) is 1.87. The van der Waals surface area contributed by atoms with E-state index in [0.29, 0.717) is 19.1 Å². The lowest BCUT2D eigenvalue weighted by Gasteiger charge is -2.30. The fourth-order valence-electron chi connectivity index (χ4n) is 1.55. The Bertz CT molecular complexity index is 206. The minimum atomic E-state index is 0.345. The van der Waals surface area contributed by atoms with Gasteiger partial charge in [0.2, 0.25) is 0 Å². The van der Waals surface area contributed by atoms with Gasteiger partial charge in [0.1, 0.15) is 0 Å². The molecule has 0 atom stereocenters. The van der Waals surface area contributed by atoms with Crippen molar-refractivity contribution >= 4 is 0 Å². The Morgan fingerprint density at radius 1 is 1.15 bits per heavy atom. The molecule has 0 aliphatic carbocycles. The molecule has 4 heteroatoms. The topological polar surface area (TPSA) is 60.0 Å². The number of nitriles is 2. The lowest BCUT2D eigenvalue weighted by molar-refractivity contribution is 0.0429. The Morgan fingerprint density at radius 2 is 1.69 bits per heavy atom. The number of nitrogens with zero attached hydrogens (tertiary/aromatic N) is 3. The van der Waals surface area contributed by atoms with E-state index in [4.69, 9.17) is 15.3 Å². The van der Waals surface area contributed by atoms with Gasteiger partial charge in [-0.2, -0.15) is 10.5 Å². The van der Waals surface area contributed by atoms with Crippen LogP contribution in [0.4, 0.5) is 0 Å². The van der Waals surface area contributed by atoms with Gasteiger partial charge in [0, 0.05) is 19.3 Å². The minimum absolute atomic E-state index is 0.345. The third kappa shape index (κ3) is 3.02. The lowest BCUT2D eigenvalue weighted by Crippen LogP contribution is -2.39. The molecule has 0 spiro atoms. The van der Waals surface area contributed by atoms with Crippen molar-refractivity contribution in [2.75, 3.05) is 26.3 Å². The van der Waals surface area contributed by atoms with Crippen molar-refractivity contribution < 1.29 is 4.74 Å². The molecule has 0 aromatic rings. The Balaban J connectivity index is 2.43. The van der Waals surface area contributed by atoms with E-state index in [9.17, 15) is 0 Å². The van der Waals surface area contributed by atoms with Crippen LogP contribution in [0.2, 0.25) is 0 Å². The molecule has 1 fully saturated rings. The fraction of sp³-hybridized carbons (Fsp3) is 0.778. The van der Waals surface area contributed by atoms with Crippen molar-refractivity contribution in [3.63, 3.8) is 0 Å². The van der Waals surface area contributed by atoms with Gasteiger partial charge in [0.15, 0.2) is 0 Å². The normalized spacial score (nSPS) is 18.1. The summed E-state index contributed by atoms with van der Waals surface area (Å²) in [5, 5.41) is 17.1. The van der Waals surface area contributed by atoms with Gasteiger partial charge in [-0.15, -0.1) is 0 Å². The van der Waals surface area contributed by atoms with E-state index < -0.39 is 0 Å². The van der Waals surface area contributed by atoms with E-state index in [-0.39, 0.29) is 0 Å². The molecule has 1 aliphatic rings. The zero-order valence-electron chi connectivity index (χ0n) is 7.57. The second-order valence-corrected chi connectivity index (χ2v) is 3.06. The lowest BCUT2D eigenvalue weighted by atomic mass is 10.1. The average molecular weight is 179 g/mol. The average Bonchev–Trinajstić information content (AvgIpc) is 2.19. The Labute approximate surface area is 78.3 Å². The van der Waals surface area contributed by atoms with E-state index in [1.165, 1.54) is 0 Å². The van der Waals surface area contributed by atoms with Gasteiger partial charge in [-0.3, -0.25) is 4.90 Å². The molecule has 0 N–H and O–H groups in total. The predicted octanol–water partition coefficient (Wildman–Crippen LogP) is 0.515. The Hall–Kier alpha value is -1.10. The molecule has 0 bridgehead atoms. The van der Waals surface area contributed by atoms with Gasteiger partial charge >= 0.3 is 0 Å². The molecule has 0 aromatic heterocycles. The molecular weight excluding hydrogens is 166 g/mol. The first-order valence-electron chi connectivity index (χ1n) is 4.44. The van der Waals surface area contributed by atoms with Gasteiger partial charge in [-0.25, -0.2) is 0 Å². The molecule has 0 aromatic carbocycles. The van der Waals surface area contributed by atoms with Crippen molar-refractivity contribution in [3.8, 4) is 12.1 Å². The molecule has 0 radical (unpaired) electrons. The summed E-state index contributed by atoms with van der Waals surface area (Å²) in [6, 6.07) is 4.52. The highest BCUT2D eigenvalue weighted by atomic mass is 16.5. The number of ether oxygens (including phenoxy) is 1. The van der Waals surface area contributed by atoms with Crippen LogP contribution in [-0.4, -0.2) is 37.2 Å². The zero-order chi connectivity index (χ0) is 9.52. The molecule has 70 valence electrons. The Kier molecular flexibility index (Phi) is 4.25. The van der Waals surface area contributed by atoms with Crippen LogP contribution in [0.1, 0.15) is 12.8 Å². The smallest absolute Gasteiger partial charge is 0.0876 e. The van der Waals surface area contributed by atoms with Crippen molar-refractivity contribution in [2.24, 2.45) is 0 Å². The predicted molar refractivity (Wildman–Crippen MR) is 46.6 cm³/mol. The summed E-state index contributed by atoms with van der Waals surface area (Å²) < 4.78 is 5.21. The highest BCUT2D eigenvalue weighted by molar-refractivity contribution is 4.88. The second-order valence-electron chi connectivity index (χ2n) is 3.06. The van der Waals surface area contributed by atoms with E-state index in [1.807, 2.05) is 4.90 Å². The van der Waals surface area contributed by atoms with Crippen molar-refractivity contribution in [1.29, 1.82) is 10.5 Å². The third-order valence-corrected chi connectivity index (χ3v) is 2.25. The van der Waals surface area contributed by atoms with Crippen LogP contribution in [0.15, 0.2) is 0 Å². The summed E-state index contributed by atoms with van der Waals surface area (Å²) in [5.74, 6) is 0. The quantitative estimate of drug-likeness (QED) is 0.592. The van der Waals surface area contributed by atoms with Crippen molar-refractivity contribution in [1.82, 2.24) is 4.90 Å². The van der Waals surface area contributed by atoms with E-state index in [2.05, 4.69) is 12.1 Å².